The highest BCUT2D eigenvalue weighted by Gasteiger charge is 2.29. The van der Waals surface area contributed by atoms with Crippen molar-refractivity contribution in [1.29, 1.82) is 0 Å². The number of benzene rings is 14. The first kappa shape index (κ1) is 49.0. The molecule has 2 aliphatic carbocycles. The van der Waals surface area contributed by atoms with E-state index in [1.165, 1.54) is 137 Å². The van der Waals surface area contributed by atoms with Crippen LogP contribution in [0.1, 0.15) is 0 Å². The van der Waals surface area contributed by atoms with E-state index >= 15 is 0 Å². The van der Waals surface area contributed by atoms with Gasteiger partial charge in [0.2, 0.25) is 0 Å². The topological polar surface area (TPSA) is 77.3 Å². The maximum atomic E-state index is 5.10. The van der Waals surface area contributed by atoms with Gasteiger partial charge in [-0.1, -0.05) is 200 Å². The zero-order valence-corrected chi connectivity index (χ0v) is 48.2. The fraction of sp³-hybridized carbons (Fsp3) is 0. The van der Waals surface area contributed by atoms with E-state index in [1.54, 1.807) is 6.33 Å². The van der Waals surface area contributed by atoms with E-state index in [1.807, 2.05) is 24.5 Å². The molecule has 4 heterocycles. The lowest BCUT2D eigenvalue weighted by Crippen LogP contribution is -1.98. The molecule has 20 rings (SSSR count). The predicted molar refractivity (Wildman–Crippen MR) is 372 cm³/mol. The van der Waals surface area contributed by atoms with E-state index in [9.17, 15) is 0 Å². The summed E-state index contributed by atoms with van der Waals surface area (Å²) in [4.78, 5) is 29.3. The Morgan fingerprint density at radius 1 is 0.233 bits per heavy atom. The van der Waals surface area contributed by atoms with Crippen molar-refractivity contribution in [3.05, 3.63) is 280 Å². The molecule has 2 aliphatic rings. The SMILES string of the molecule is c1cc(-c2ccc3cc(-c4ccc5c6c(c7ccccc7c5c4)-c4cccc5c(-c7ncnc(-c8ccc9ccc%10cccnc%10c9n8)n7)ccc-6c45)ccc3c2)cc(-c2cnc3ccc(-c4ccc5c6c(cccc46)-c4c-5ccc5ccccc45)cc3c2)c1. The van der Waals surface area contributed by atoms with E-state index in [4.69, 9.17) is 19.9 Å². The fourth-order valence-electron chi connectivity index (χ4n) is 15.2. The third-order valence-corrected chi connectivity index (χ3v) is 19.3. The molecule has 6 nitrogen and oxygen atoms in total. The summed E-state index contributed by atoms with van der Waals surface area (Å²) in [7, 11) is 0. The van der Waals surface area contributed by atoms with Gasteiger partial charge in [0.25, 0.3) is 0 Å². The quantitative estimate of drug-likeness (QED) is 0.154. The number of aromatic nitrogens is 6. The van der Waals surface area contributed by atoms with Gasteiger partial charge in [-0.2, -0.15) is 0 Å². The lowest BCUT2D eigenvalue weighted by atomic mass is 9.88. The number of nitrogens with zero attached hydrogens (tertiary/aromatic N) is 6. The second-order valence-electron chi connectivity index (χ2n) is 24.1. The maximum Gasteiger partial charge on any atom is 0.181 e. The summed E-state index contributed by atoms with van der Waals surface area (Å²) in [5.74, 6) is 1.12. The van der Waals surface area contributed by atoms with Crippen molar-refractivity contribution in [3.63, 3.8) is 0 Å². The Balaban J connectivity index is 0.614. The van der Waals surface area contributed by atoms with E-state index in [-0.39, 0.29) is 0 Å². The van der Waals surface area contributed by atoms with Gasteiger partial charge < -0.3 is 0 Å². The smallest absolute Gasteiger partial charge is 0.181 e. The highest BCUT2D eigenvalue weighted by atomic mass is 15.0. The van der Waals surface area contributed by atoms with Crippen LogP contribution in [0.2, 0.25) is 0 Å². The third kappa shape index (κ3) is 7.21. The number of rotatable bonds is 6. The molecule has 0 unspecified atom stereocenters. The van der Waals surface area contributed by atoms with Crippen LogP contribution in [0.4, 0.5) is 0 Å². The monoisotopic (exact) mass is 1140 g/mol. The largest absolute Gasteiger partial charge is 0.256 e. The Bertz CT molecular complexity index is 6240. The second kappa shape index (κ2) is 18.7. The molecule has 0 saturated heterocycles. The van der Waals surface area contributed by atoms with Crippen LogP contribution in [-0.2, 0) is 0 Å². The van der Waals surface area contributed by atoms with Crippen LogP contribution in [0.25, 0.3) is 209 Å². The molecule has 6 heteroatoms. The first-order valence-corrected chi connectivity index (χ1v) is 30.6. The standard InChI is InChI=1S/C84H46N6/c1-2-13-61-47(9-1)26-30-66-67-33-32-60(63-16-6-18-70(76(61)66)77(63)67)57-29-36-74-58(42-57)43-59(45-86-74)51-11-5-10-50(39-51)52-22-23-54-41-55(25-24-53(54)40-52)56-27-31-68-73(44-56)62-14-3-4-15-64(62)79-71-19-7-17-65-69(34-35-72(78(65)71)80(68)79)83-87-46-88-84(90-83)75-37-28-49-21-20-48-12-8-38-85-81(48)82(49)89-75/h1-46H. The molecule has 0 saturated carbocycles. The summed E-state index contributed by atoms with van der Waals surface area (Å²) in [6.07, 6.45) is 5.43. The highest BCUT2D eigenvalue weighted by molar-refractivity contribution is 6.31. The molecule has 0 atom stereocenters. The van der Waals surface area contributed by atoms with Gasteiger partial charge in [-0.15, -0.1) is 0 Å². The molecule has 0 aliphatic heterocycles. The van der Waals surface area contributed by atoms with Crippen molar-refractivity contribution in [2.75, 3.05) is 0 Å². The minimum atomic E-state index is 0.517. The Hall–Kier alpha value is -12.1. The van der Waals surface area contributed by atoms with Crippen molar-refractivity contribution in [3.8, 4) is 112 Å². The molecule has 0 bridgehead atoms. The van der Waals surface area contributed by atoms with E-state index < -0.39 is 0 Å². The van der Waals surface area contributed by atoms with Crippen molar-refractivity contribution in [1.82, 2.24) is 29.9 Å². The van der Waals surface area contributed by atoms with Crippen LogP contribution < -0.4 is 0 Å². The van der Waals surface area contributed by atoms with Gasteiger partial charge in [0.05, 0.1) is 16.6 Å². The summed E-state index contributed by atoms with van der Waals surface area (Å²) in [6, 6.07) is 95.6. The Kier molecular flexibility index (Phi) is 10.2. The Morgan fingerprint density at radius 2 is 0.789 bits per heavy atom. The zero-order chi connectivity index (χ0) is 58.7. The first-order chi connectivity index (χ1) is 44.6. The summed E-state index contributed by atoms with van der Waals surface area (Å²) < 4.78 is 0. The molecular weight excluding hydrogens is 1090 g/mol. The van der Waals surface area contributed by atoms with E-state index in [0.717, 1.165) is 54.8 Å². The zero-order valence-electron chi connectivity index (χ0n) is 48.2. The number of hydrogen-bond acceptors (Lipinski definition) is 6. The normalized spacial score (nSPS) is 12.2. The summed E-state index contributed by atoms with van der Waals surface area (Å²) in [6.45, 7) is 0. The number of pyridine rings is 3. The second-order valence-corrected chi connectivity index (χ2v) is 24.1. The lowest BCUT2D eigenvalue weighted by molar-refractivity contribution is 1.06. The highest BCUT2D eigenvalue weighted by Crippen LogP contribution is 2.56. The van der Waals surface area contributed by atoms with Gasteiger partial charge in [0.1, 0.15) is 12.0 Å². The van der Waals surface area contributed by atoms with Gasteiger partial charge in [-0.05, 0) is 209 Å². The third-order valence-electron chi connectivity index (χ3n) is 19.3. The van der Waals surface area contributed by atoms with Crippen LogP contribution in [0, 0.1) is 0 Å². The fourth-order valence-corrected chi connectivity index (χ4v) is 15.2. The minimum absolute atomic E-state index is 0.517. The van der Waals surface area contributed by atoms with Gasteiger partial charge in [-0.25, -0.2) is 19.9 Å². The van der Waals surface area contributed by atoms with Crippen molar-refractivity contribution < 1.29 is 0 Å². The average molecular weight is 1140 g/mol. The minimum Gasteiger partial charge on any atom is -0.256 e. The molecule has 0 amide bonds. The summed E-state index contributed by atoms with van der Waals surface area (Å²) in [5, 5.41) is 18.0. The lowest BCUT2D eigenvalue weighted by Gasteiger charge is -2.15. The van der Waals surface area contributed by atoms with E-state index in [2.05, 4.69) is 259 Å². The van der Waals surface area contributed by atoms with Crippen LogP contribution in [0.5, 0.6) is 0 Å². The van der Waals surface area contributed by atoms with Crippen LogP contribution in [-0.4, -0.2) is 29.9 Å². The van der Waals surface area contributed by atoms with Crippen LogP contribution in [0.3, 0.4) is 0 Å². The van der Waals surface area contributed by atoms with Crippen molar-refractivity contribution in [2.24, 2.45) is 0 Å². The maximum absolute atomic E-state index is 5.10. The van der Waals surface area contributed by atoms with E-state index in [0.29, 0.717) is 17.3 Å². The molecule has 4 aromatic heterocycles. The number of fused-ring (bicyclic) bond motifs is 18. The van der Waals surface area contributed by atoms with Gasteiger partial charge in [0, 0.05) is 39.7 Å². The van der Waals surface area contributed by atoms with Crippen LogP contribution >= 0.6 is 0 Å². The van der Waals surface area contributed by atoms with Gasteiger partial charge in [0.15, 0.2) is 11.6 Å². The summed E-state index contributed by atoms with van der Waals surface area (Å²) >= 11 is 0. The number of hydrogen-bond donors (Lipinski definition) is 0. The molecule has 0 radical (unpaired) electrons. The Labute approximate surface area is 515 Å². The molecule has 0 N–H and O–H groups in total. The molecule has 0 spiro atoms. The van der Waals surface area contributed by atoms with Gasteiger partial charge >= 0.3 is 0 Å². The molecule has 18 aromatic rings. The Morgan fingerprint density at radius 3 is 1.64 bits per heavy atom. The van der Waals surface area contributed by atoms with Crippen molar-refractivity contribution >= 4 is 97.3 Å². The molecule has 90 heavy (non-hydrogen) atoms. The van der Waals surface area contributed by atoms with Crippen molar-refractivity contribution in [2.45, 2.75) is 0 Å². The van der Waals surface area contributed by atoms with Gasteiger partial charge in [-0.3, -0.25) is 9.97 Å². The summed E-state index contributed by atoms with van der Waals surface area (Å²) in [5.41, 5.74) is 23.9. The van der Waals surface area contributed by atoms with Crippen LogP contribution in [0.15, 0.2) is 280 Å². The molecule has 412 valence electrons. The molecule has 14 aromatic carbocycles. The first-order valence-electron chi connectivity index (χ1n) is 30.6. The predicted octanol–water partition coefficient (Wildman–Crippen LogP) is 21.7. The molecular formula is C84H46N6. The average Bonchev–Trinajstić information content (AvgIpc) is 1.55. The molecule has 0 fully saturated rings.